The minimum atomic E-state index is -2.04. The summed E-state index contributed by atoms with van der Waals surface area (Å²) in [6.45, 7) is 2.26. The maximum atomic E-state index is 6.61. The molecule has 1 heterocycles. The van der Waals surface area contributed by atoms with E-state index in [1.165, 1.54) is 10.9 Å². The Labute approximate surface area is 122 Å². The summed E-state index contributed by atoms with van der Waals surface area (Å²) in [6, 6.07) is 21.6. The van der Waals surface area contributed by atoms with E-state index in [0.29, 0.717) is 6.04 Å². The molecule has 0 radical (unpaired) electrons. The second-order valence-corrected chi connectivity index (χ2v) is 9.13. The molecule has 0 saturated carbocycles. The Bertz CT molecular complexity index is 580. The number of nitrogens with zero attached hydrogens (tertiary/aromatic N) is 1. The number of hydrogen-bond acceptors (Lipinski definition) is 2. The van der Waals surface area contributed by atoms with Crippen LogP contribution in [-0.2, 0) is 4.52 Å². The molecule has 1 aliphatic heterocycles. The fraction of sp³-hybridized carbons (Fsp3) is 0.250. The first kappa shape index (κ1) is 13.8. The van der Waals surface area contributed by atoms with Crippen molar-refractivity contribution in [2.45, 2.75) is 19.1 Å². The van der Waals surface area contributed by atoms with Gasteiger partial charge in [0.05, 0.1) is 0 Å². The van der Waals surface area contributed by atoms with E-state index in [0.717, 1.165) is 0 Å². The molecule has 3 rings (SSSR count). The van der Waals surface area contributed by atoms with Crippen LogP contribution in [-0.4, -0.2) is 25.3 Å². The van der Waals surface area contributed by atoms with Crippen LogP contribution in [0.3, 0.4) is 0 Å². The van der Waals surface area contributed by atoms with Crippen LogP contribution in [0.2, 0.25) is 0 Å². The van der Waals surface area contributed by atoms with E-state index >= 15 is 0 Å². The third-order valence-electron chi connectivity index (χ3n) is 4.52. The van der Waals surface area contributed by atoms with Crippen LogP contribution in [0, 0.1) is 0 Å². The van der Waals surface area contributed by atoms with Gasteiger partial charge in [-0.1, -0.05) is 0 Å². The third kappa shape index (κ3) is 2.20. The molecule has 20 heavy (non-hydrogen) atoms. The van der Waals surface area contributed by atoms with Gasteiger partial charge in [0.15, 0.2) is 0 Å². The van der Waals surface area contributed by atoms with Crippen molar-refractivity contribution >= 4 is 20.4 Å². The van der Waals surface area contributed by atoms with E-state index in [-0.39, 0.29) is 6.10 Å². The summed E-state index contributed by atoms with van der Waals surface area (Å²) >= 11 is 0. The average Bonchev–Trinajstić information content (AvgIpc) is 2.75. The molecule has 0 unspecified atom stereocenters. The summed E-state index contributed by atoms with van der Waals surface area (Å²) in [5, 5.41) is 1.34. The molecule has 2 aromatic rings. The van der Waals surface area contributed by atoms with Gasteiger partial charge in [0.25, 0.3) is 0 Å². The summed E-state index contributed by atoms with van der Waals surface area (Å²) in [4.78, 5) is 0. The number of likely N-dealkylation sites (N-methyl/N-ethyl adjacent to an activating group) is 1. The van der Waals surface area contributed by atoms with Gasteiger partial charge in [-0.25, -0.2) is 0 Å². The van der Waals surface area contributed by atoms with Crippen molar-refractivity contribution in [3.05, 3.63) is 66.2 Å². The van der Waals surface area contributed by atoms with Gasteiger partial charge in [-0.3, -0.25) is 0 Å². The van der Waals surface area contributed by atoms with E-state index in [4.69, 9.17) is 4.52 Å². The van der Waals surface area contributed by atoms with Crippen LogP contribution in [0.15, 0.2) is 60.7 Å². The van der Waals surface area contributed by atoms with Gasteiger partial charge in [-0.15, -0.1) is 0 Å². The first-order chi connectivity index (χ1) is 9.63. The standard InChI is InChI=1S/C16H21BNOP/c1-13-16(14-9-5-3-6-10-14)19-20(17,18(13)2)15-11-7-4-8-12-15/h3-13,16,20H,17H2,1-2H3/t13-,16-/m1/s1. The zero-order chi connectivity index (χ0) is 14.2. The molecule has 4 heteroatoms. The zero-order valence-electron chi connectivity index (χ0n) is 12.3. The Morgan fingerprint density at radius 3 is 2.15 bits per heavy atom. The van der Waals surface area contributed by atoms with Gasteiger partial charge >= 0.3 is 122 Å². The van der Waals surface area contributed by atoms with E-state index in [1.807, 2.05) is 0 Å². The average molecular weight is 285 g/mol. The second kappa shape index (κ2) is 5.33. The first-order valence-corrected chi connectivity index (χ1v) is 9.50. The summed E-state index contributed by atoms with van der Waals surface area (Å²) < 4.78 is 9.07. The number of rotatable bonds is 2. The van der Waals surface area contributed by atoms with Crippen molar-refractivity contribution in [2.75, 3.05) is 7.05 Å². The van der Waals surface area contributed by atoms with Gasteiger partial charge in [0.1, 0.15) is 0 Å². The Hall–Kier alpha value is -1.15. The van der Waals surface area contributed by atoms with Gasteiger partial charge in [0.2, 0.25) is 0 Å². The molecule has 2 atom stereocenters. The van der Waals surface area contributed by atoms with Gasteiger partial charge in [-0.05, 0) is 0 Å². The molecule has 0 amide bonds. The van der Waals surface area contributed by atoms with Crippen molar-refractivity contribution in [3.8, 4) is 0 Å². The maximum absolute atomic E-state index is 6.61. The van der Waals surface area contributed by atoms with Crippen LogP contribution in [0.4, 0.5) is 0 Å². The van der Waals surface area contributed by atoms with Gasteiger partial charge in [-0.2, -0.15) is 0 Å². The molecule has 0 aromatic heterocycles. The molecular weight excluding hydrogens is 264 g/mol. The normalized spacial score (nSPS) is 27.3. The Balaban J connectivity index is 1.97. The van der Waals surface area contributed by atoms with Crippen LogP contribution >= 0.6 is 7.52 Å². The monoisotopic (exact) mass is 285 g/mol. The molecule has 0 aliphatic carbocycles. The molecule has 1 fully saturated rings. The van der Waals surface area contributed by atoms with Crippen molar-refractivity contribution in [2.24, 2.45) is 0 Å². The predicted molar refractivity (Wildman–Crippen MR) is 90.4 cm³/mol. The van der Waals surface area contributed by atoms with Crippen molar-refractivity contribution in [3.63, 3.8) is 0 Å². The minimum absolute atomic E-state index is 0.165. The Morgan fingerprint density at radius 2 is 1.55 bits per heavy atom. The summed E-state index contributed by atoms with van der Waals surface area (Å²) in [5.74, 6) is 0. The van der Waals surface area contributed by atoms with Crippen LogP contribution in [0.5, 0.6) is 0 Å². The fourth-order valence-corrected chi connectivity index (χ4v) is 6.29. The van der Waals surface area contributed by atoms with E-state index in [2.05, 4.69) is 86.9 Å². The molecule has 2 aromatic carbocycles. The molecule has 0 N–H and O–H groups in total. The predicted octanol–water partition coefficient (Wildman–Crippen LogP) is 2.53. The Kier molecular flexibility index (Phi) is 3.68. The molecule has 0 bridgehead atoms. The van der Waals surface area contributed by atoms with Crippen LogP contribution < -0.4 is 5.30 Å². The quantitative estimate of drug-likeness (QED) is 0.621. The molecule has 2 nitrogen and oxygen atoms in total. The molecule has 1 saturated heterocycles. The topological polar surface area (TPSA) is 12.5 Å². The fourth-order valence-electron chi connectivity index (χ4n) is 3.03. The van der Waals surface area contributed by atoms with Crippen molar-refractivity contribution in [1.29, 1.82) is 0 Å². The van der Waals surface area contributed by atoms with Gasteiger partial charge in [0, 0.05) is 0 Å². The molecule has 1 aliphatic rings. The molecular formula is C16H21BNOP. The summed E-state index contributed by atoms with van der Waals surface area (Å²) in [5.41, 5.74) is 1.28. The number of benzene rings is 2. The SMILES string of the molecule is B[PH]1(c2ccccc2)O[C@@H](c2ccccc2)[C@@H](C)N1C. The first-order valence-electron chi connectivity index (χ1n) is 7.14. The van der Waals surface area contributed by atoms with E-state index in [1.54, 1.807) is 0 Å². The molecule has 0 spiro atoms. The second-order valence-electron chi connectivity index (χ2n) is 5.65. The van der Waals surface area contributed by atoms with Crippen molar-refractivity contribution < 1.29 is 4.52 Å². The van der Waals surface area contributed by atoms with Crippen LogP contribution in [0.25, 0.3) is 0 Å². The summed E-state index contributed by atoms with van der Waals surface area (Å²) in [7, 11) is 2.45. The Morgan fingerprint density at radius 1 is 1.00 bits per heavy atom. The van der Waals surface area contributed by atoms with Crippen molar-refractivity contribution in [1.82, 2.24) is 4.67 Å². The van der Waals surface area contributed by atoms with Crippen LogP contribution in [0.1, 0.15) is 18.6 Å². The van der Waals surface area contributed by atoms with E-state index < -0.39 is 7.52 Å². The molecule has 104 valence electrons. The van der Waals surface area contributed by atoms with Gasteiger partial charge < -0.3 is 0 Å². The number of hydrogen-bond donors (Lipinski definition) is 0. The third-order valence-corrected chi connectivity index (χ3v) is 8.39. The van der Waals surface area contributed by atoms with E-state index in [9.17, 15) is 0 Å². The summed E-state index contributed by atoms with van der Waals surface area (Å²) in [6.07, 6.45) is 0.165. The zero-order valence-corrected chi connectivity index (χ0v) is 13.3.